The van der Waals surface area contributed by atoms with E-state index in [1.807, 2.05) is 23.1 Å². The van der Waals surface area contributed by atoms with Crippen molar-refractivity contribution in [1.82, 2.24) is 19.9 Å². The summed E-state index contributed by atoms with van der Waals surface area (Å²) in [6.45, 7) is 0. The normalized spacial score (nSPS) is 17.6. The average molecular weight is 410 g/mol. The summed E-state index contributed by atoms with van der Waals surface area (Å²) in [5.74, 6) is 1.24. The topological polar surface area (TPSA) is 63.6 Å². The number of hydrogen-bond acceptors (Lipinski definition) is 7. The highest BCUT2D eigenvalue weighted by atomic mass is 32.2. The first-order valence-corrected chi connectivity index (χ1v) is 11.7. The van der Waals surface area contributed by atoms with Crippen LogP contribution in [0.2, 0.25) is 0 Å². The minimum Gasteiger partial charge on any atom is -0.324 e. The number of hydrogen-bond donors (Lipinski definition) is 1. The summed E-state index contributed by atoms with van der Waals surface area (Å²) in [6, 6.07) is 6.55. The van der Waals surface area contributed by atoms with E-state index >= 15 is 0 Å². The van der Waals surface area contributed by atoms with Gasteiger partial charge >= 0.3 is 0 Å². The zero-order valence-corrected chi connectivity index (χ0v) is 17.3. The first-order valence-electron chi connectivity index (χ1n) is 10.0. The van der Waals surface area contributed by atoms with Gasteiger partial charge in [0.25, 0.3) is 0 Å². The molecule has 0 atom stereocenters. The van der Waals surface area contributed by atoms with Crippen LogP contribution in [-0.4, -0.2) is 25.2 Å². The van der Waals surface area contributed by atoms with Crippen LogP contribution < -0.4 is 5.32 Å². The molecule has 0 spiro atoms. The van der Waals surface area contributed by atoms with Gasteiger partial charge in [-0.25, -0.2) is 19.9 Å². The van der Waals surface area contributed by atoms with Gasteiger partial charge in [-0.2, -0.15) is 0 Å². The number of thioether (sulfide) groups is 1. The van der Waals surface area contributed by atoms with Crippen molar-refractivity contribution in [3.05, 3.63) is 42.1 Å². The molecule has 0 saturated heterocycles. The number of anilines is 2. The quantitative estimate of drug-likeness (QED) is 0.535. The number of aromatic nitrogens is 4. The summed E-state index contributed by atoms with van der Waals surface area (Å²) in [6.07, 6.45) is 14.4. The lowest BCUT2D eigenvalue weighted by Gasteiger charge is -2.18. The van der Waals surface area contributed by atoms with E-state index in [9.17, 15) is 0 Å². The van der Waals surface area contributed by atoms with Crippen LogP contribution in [0.5, 0.6) is 0 Å². The largest absolute Gasteiger partial charge is 0.324 e. The van der Waals surface area contributed by atoms with Crippen molar-refractivity contribution < 1.29 is 0 Å². The minimum absolute atomic E-state index is 0.572. The second-order valence-electron chi connectivity index (χ2n) is 7.51. The molecule has 2 aliphatic carbocycles. The third kappa shape index (κ3) is 4.20. The monoisotopic (exact) mass is 409 g/mol. The van der Waals surface area contributed by atoms with Crippen molar-refractivity contribution in [2.45, 2.75) is 61.0 Å². The average Bonchev–Trinajstić information content (AvgIpc) is 3.42. The molecular weight excluding hydrogens is 386 g/mol. The number of nitrogens with zero attached hydrogens (tertiary/aromatic N) is 4. The highest BCUT2D eigenvalue weighted by molar-refractivity contribution is 8.00. The third-order valence-electron chi connectivity index (χ3n) is 5.29. The molecule has 5 nitrogen and oxygen atoms in total. The van der Waals surface area contributed by atoms with Crippen molar-refractivity contribution in [2.24, 2.45) is 0 Å². The molecule has 2 fully saturated rings. The molecule has 1 aromatic carbocycles. The van der Waals surface area contributed by atoms with Crippen molar-refractivity contribution in [1.29, 1.82) is 0 Å². The maximum absolute atomic E-state index is 4.81. The Morgan fingerprint density at radius 1 is 0.964 bits per heavy atom. The van der Waals surface area contributed by atoms with E-state index in [2.05, 4.69) is 44.7 Å². The molecule has 28 heavy (non-hydrogen) atoms. The van der Waals surface area contributed by atoms with E-state index in [0.29, 0.717) is 11.9 Å². The van der Waals surface area contributed by atoms with Crippen molar-refractivity contribution in [2.75, 3.05) is 5.32 Å². The Morgan fingerprint density at radius 3 is 2.57 bits per heavy atom. The summed E-state index contributed by atoms with van der Waals surface area (Å²) in [4.78, 5) is 19.6. The SMILES string of the molecule is c1ncnc(Nc2ccc(-c3cnc(C4CCCCC4)s3)c(SC3CC3)c2)n1. The molecule has 5 rings (SSSR count). The number of rotatable bonds is 6. The number of thiazole rings is 1. The fourth-order valence-electron chi connectivity index (χ4n) is 3.65. The van der Waals surface area contributed by atoms with Gasteiger partial charge in [0.15, 0.2) is 0 Å². The summed E-state index contributed by atoms with van der Waals surface area (Å²) in [5, 5.41) is 5.36. The molecule has 0 unspecified atom stereocenters. The highest BCUT2D eigenvalue weighted by Gasteiger charge is 2.25. The molecule has 7 heteroatoms. The van der Waals surface area contributed by atoms with Crippen molar-refractivity contribution in [3.63, 3.8) is 0 Å². The second-order valence-corrected chi connectivity index (χ2v) is 9.92. The summed E-state index contributed by atoms with van der Waals surface area (Å²) < 4.78 is 0. The molecular formula is C21H23N5S2. The lowest BCUT2D eigenvalue weighted by atomic mass is 9.90. The van der Waals surface area contributed by atoms with Crippen LogP contribution in [0.1, 0.15) is 55.9 Å². The number of nitrogens with one attached hydrogen (secondary N) is 1. The molecule has 0 bridgehead atoms. The highest BCUT2D eigenvalue weighted by Crippen LogP contribution is 2.46. The lowest BCUT2D eigenvalue weighted by molar-refractivity contribution is 0.442. The molecule has 2 aliphatic rings. The summed E-state index contributed by atoms with van der Waals surface area (Å²) in [5.41, 5.74) is 2.31. The van der Waals surface area contributed by atoms with Gasteiger partial charge in [0.1, 0.15) is 12.7 Å². The Hall–Kier alpha value is -1.99. The molecule has 3 aromatic rings. The number of benzene rings is 1. The van der Waals surface area contributed by atoms with Crippen LogP contribution in [0.15, 0.2) is 41.9 Å². The van der Waals surface area contributed by atoms with Gasteiger partial charge in [-0.3, -0.25) is 0 Å². The van der Waals surface area contributed by atoms with Crippen LogP contribution in [0.4, 0.5) is 11.6 Å². The van der Waals surface area contributed by atoms with E-state index < -0.39 is 0 Å². The molecule has 2 heterocycles. The van der Waals surface area contributed by atoms with Crippen LogP contribution in [0.25, 0.3) is 10.4 Å². The fraction of sp³-hybridized carbons (Fsp3) is 0.429. The van der Waals surface area contributed by atoms with Gasteiger partial charge in [-0.15, -0.1) is 23.1 Å². The van der Waals surface area contributed by atoms with Crippen LogP contribution >= 0.6 is 23.1 Å². The molecule has 2 aromatic heterocycles. The summed E-state index contributed by atoms with van der Waals surface area (Å²) in [7, 11) is 0. The van der Waals surface area contributed by atoms with E-state index in [1.54, 1.807) is 0 Å². The molecule has 0 radical (unpaired) electrons. The maximum atomic E-state index is 4.81. The Labute approximate surface area is 173 Å². The van der Waals surface area contributed by atoms with E-state index in [0.717, 1.165) is 10.9 Å². The van der Waals surface area contributed by atoms with Crippen LogP contribution in [0.3, 0.4) is 0 Å². The predicted octanol–water partition coefficient (Wildman–Crippen LogP) is 6.04. The standard InChI is InChI=1S/C21H23N5S2/c1-2-4-14(5-3-1)20-23-11-19(28-20)17-9-6-15(10-18(17)27-16-7-8-16)26-21-24-12-22-13-25-21/h6,9-14,16H,1-5,7-8H2,(H,22,24,25,26). The Bertz CT molecular complexity index is 933. The first-order chi connectivity index (χ1) is 13.8. The maximum Gasteiger partial charge on any atom is 0.230 e. The second kappa shape index (κ2) is 8.17. The van der Waals surface area contributed by atoms with E-state index in [1.165, 1.54) is 77.9 Å². The Kier molecular flexibility index (Phi) is 5.27. The fourth-order valence-corrected chi connectivity index (χ4v) is 6.07. The predicted molar refractivity (Wildman–Crippen MR) is 115 cm³/mol. The van der Waals surface area contributed by atoms with Gasteiger partial charge in [-0.05, 0) is 37.8 Å². The van der Waals surface area contributed by atoms with E-state index in [-0.39, 0.29) is 0 Å². The Morgan fingerprint density at radius 2 is 1.79 bits per heavy atom. The zero-order valence-electron chi connectivity index (χ0n) is 15.7. The molecule has 0 amide bonds. The van der Waals surface area contributed by atoms with Crippen LogP contribution in [0, 0.1) is 0 Å². The first kappa shape index (κ1) is 18.1. The van der Waals surface area contributed by atoms with Gasteiger partial charge in [0.05, 0.1) is 9.88 Å². The van der Waals surface area contributed by atoms with Crippen molar-refractivity contribution >= 4 is 34.7 Å². The summed E-state index contributed by atoms with van der Waals surface area (Å²) >= 11 is 3.87. The van der Waals surface area contributed by atoms with Gasteiger partial charge in [0, 0.05) is 33.5 Å². The molecule has 144 valence electrons. The zero-order chi connectivity index (χ0) is 18.8. The smallest absolute Gasteiger partial charge is 0.230 e. The third-order valence-corrected chi connectivity index (χ3v) is 7.88. The van der Waals surface area contributed by atoms with Crippen molar-refractivity contribution in [3.8, 4) is 10.4 Å². The van der Waals surface area contributed by atoms with Gasteiger partial charge < -0.3 is 5.32 Å². The Balaban J connectivity index is 1.42. The van der Waals surface area contributed by atoms with Gasteiger partial charge in [-0.1, -0.05) is 25.3 Å². The van der Waals surface area contributed by atoms with Crippen LogP contribution in [-0.2, 0) is 0 Å². The molecule has 0 aliphatic heterocycles. The lowest BCUT2D eigenvalue weighted by Crippen LogP contribution is -2.03. The van der Waals surface area contributed by atoms with E-state index in [4.69, 9.17) is 4.98 Å². The van der Waals surface area contributed by atoms with Gasteiger partial charge in [0.2, 0.25) is 5.95 Å². The minimum atomic E-state index is 0.572. The molecule has 2 saturated carbocycles. The molecule has 1 N–H and O–H groups in total.